The number of nitrogens with zero attached hydrogens (tertiary/aromatic N) is 1. The van der Waals surface area contributed by atoms with Gasteiger partial charge in [-0.05, 0) is 11.6 Å². The monoisotopic (exact) mass is 207 g/mol. The van der Waals surface area contributed by atoms with Gasteiger partial charge in [0.1, 0.15) is 5.15 Å². The molecule has 1 aromatic rings. The highest BCUT2D eigenvalue weighted by molar-refractivity contribution is 9.08. The molecule has 0 aromatic carbocycles. The molecule has 3 heteroatoms. The van der Waals surface area contributed by atoms with Crippen molar-refractivity contribution in [2.45, 2.75) is 5.28 Å². The number of rotatable bonds is 1. The van der Waals surface area contributed by atoms with Crippen LogP contribution in [0.2, 0.25) is 5.15 Å². The van der Waals surface area contributed by atoms with Gasteiger partial charge < -0.3 is 0 Å². The second-order valence-corrected chi connectivity index (χ2v) is 2.25. The molecule has 0 saturated heterocycles. The van der Waals surface area contributed by atoms with Crippen molar-refractivity contribution in [2.24, 2.45) is 0 Å². The predicted molar refractivity (Wildman–Crippen MR) is 41.9 cm³/mol. The topological polar surface area (TPSA) is 12.9 Å². The van der Waals surface area contributed by atoms with Gasteiger partial charge in [-0.25, -0.2) is 4.98 Å². The SMILES string of the molecule is [2H]C([2H])(Br)c1ccc(Cl)nc1. The van der Waals surface area contributed by atoms with Gasteiger partial charge in [-0.15, -0.1) is 0 Å². The van der Waals surface area contributed by atoms with E-state index in [1.807, 2.05) is 0 Å². The molecule has 0 bridgehead atoms. The molecule has 9 heavy (non-hydrogen) atoms. The van der Waals surface area contributed by atoms with Crippen LogP contribution >= 0.6 is 27.5 Å². The Labute approximate surface area is 70.0 Å². The van der Waals surface area contributed by atoms with Crippen LogP contribution < -0.4 is 0 Å². The van der Waals surface area contributed by atoms with Gasteiger partial charge in [-0.1, -0.05) is 33.6 Å². The van der Waals surface area contributed by atoms with Crippen molar-refractivity contribution in [1.82, 2.24) is 4.98 Å². The van der Waals surface area contributed by atoms with E-state index in [0.29, 0.717) is 10.7 Å². The van der Waals surface area contributed by atoms with Crippen LogP contribution in [-0.4, -0.2) is 4.98 Å². The van der Waals surface area contributed by atoms with Crippen LogP contribution in [-0.2, 0) is 5.28 Å². The molecule has 1 heterocycles. The Morgan fingerprint density at radius 3 is 3.00 bits per heavy atom. The van der Waals surface area contributed by atoms with E-state index >= 15 is 0 Å². The molecule has 0 aliphatic carbocycles. The lowest BCUT2D eigenvalue weighted by Gasteiger charge is -1.91. The molecule has 0 unspecified atom stereocenters. The Balaban J connectivity index is 2.99. The minimum absolute atomic E-state index is 0.366. The highest BCUT2D eigenvalue weighted by Gasteiger charge is 1.88. The number of pyridine rings is 1. The molecule has 1 aromatic heterocycles. The van der Waals surface area contributed by atoms with Crippen molar-refractivity contribution in [2.75, 3.05) is 0 Å². The number of hydrogen-bond donors (Lipinski definition) is 0. The average molecular weight is 208 g/mol. The molecule has 0 spiro atoms. The first-order valence-corrected chi connectivity index (χ1v) is 3.48. The van der Waals surface area contributed by atoms with Crippen LogP contribution in [0.4, 0.5) is 0 Å². The fourth-order valence-corrected chi connectivity index (χ4v) is 0.778. The van der Waals surface area contributed by atoms with Crippen LogP contribution in [0.25, 0.3) is 0 Å². The van der Waals surface area contributed by atoms with Gasteiger partial charge in [0.05, 0.1) is 0 Å². The number of halogens is 2. The van der Waals surface area contributed by atoms with Crippen LogP contribution in [0.15, 0.2) is 18.3 Å². The minimum atomic E-state index is -1.52. The maximum absolute atomic E-state index is 7.24. The van der Waals surface area contributed by atoms with E-state index < -0.39 is 5.28 Å². The largest absolute Gasteiger partial charge is 0.244 e. The van der Waals surface area contributed by atoms with Gasteiger partial charge >= 0.3 is 0 Å². The summed E-state index contributed by atoms with van der Waals surface area (Å²) in [5.74, 6) is 0. The van der Waals surface area contributed by atoms with Crippen LogP contribution in [0, 0.1) is 0 Å². The first kappa shape index (κ1) is 4.69. The summed E-state index contributed by atoms with van der Waals surface area (Å²) >= 11 is 8.37. The van der Waals surface area contributed by atoms with E-state index in [4.69, 9.17) is 14.3 Å². The summed E-state index contributed by atoms with van der Waals surface area (Å²) in [6.07, 6.45) is 1.40. The second-order valence-electron chi connectivity index (χ2n) is 1.46. The molecule has 0 atom stereocenters. The fourth-order valence-electron chi connectivity index (χ4n) is 0.432. The Bertz CT molecular complexity index is 244. The Morgan fingerprint density at radius 2 is 2.56 bits per heavy atom. The number of alkyl halides is 1. The van der Waals surface area contributed by atoms with E-state index in [9.17, 15) is 0 Å². The van der Waals surface area contributed by atoms with Crippen molar-refractivity contribution in [3.8, 4) is 0 Å². The van der Waals surface area contributed by atoms with Gasteiger partial charge in [-0.3, -0.25) is 0 Å². The summed E-state index contributed by atoms with van der Waals surface area (Å²) in [5.41, 5.74) is 0.460. The van der Waals surface area contributed by atoms with Gasteiger partial charge in [0.25, 0.3) is 0 Å². The summed E-state index contributed by atoms with van der Waals surface area (Å²) < 4.78 is 14.5. The van der Waals surface area contributed by atoms with Gasteiger partial charge in [0.2, 0.25) is 0 Å². The molecule has 0 amide bonds. The summed E-state index contributed by atoms with van der Waals surface area (Å²) in [5, 5.41) is -1.16. The summed E-state index contributed by atoms with van der Waals surface area (Å²) in [4.78, 5) is 3.74. The molecule has 0 N–H and O–H groups in total. The Kier molecular flexibility index (Phi) is 1.66. The quantitative estimate of drug-likeness (QED) is 0.511. The van der Waals surface area contributed by atoms with Crippen molar-refractivity contribution >= 4 is 27.5 Å². The van der Waals surface area contributed by atoms with Gasteiger partial charge in [0, 0.05) is 14.2 Å². The smallest absolute Gasteiger partial charge is 0.129 e. The molecular formula is C6H5BrClN. The van der Waals surface area contributed by atoms with E-state index in [0.717, 1.165) is 0 Å². The average Bonchev–Trinajstić information content (AvgIpc) is 1.86. The summed E-state index contributed by atoms with van der Waals surface area (Å²) in [6.45, 7) is 0. The van der Waals surface area contributed by atoms with Gasteiger partial charge in [-0.2, -0.15) is 0 Å². The van der Waals surface area contributed by atoms with E-state index in [2.05, 4.69) is 20.9 Å². The highest BCUT2D eigenvalue weighted by atomic mass is 79.9. The third-order valence-electron chi connectivity index (χ3n) is 0.836. The van der Waals surface area contributed by atoms with E-state index in [1.54, 1.807) is 12.1 Å². The molecule has 0 aliphatic rings. The molecular weight excluding hydrogens is 201 g/mol. The summed E-state index contributed by atoms with van der Waals surface area (Å²) in [6, 6.07) is 3.14. The fraction of sp³-hybridized carbons (Fsp3) is 0.167. The van der Waals surface area contributed by atoms with Crippen molar-refractivity contribution in [3.63, 3.8) is 0 Å². The summed E-state index contributed by atoms with van der Waals surface area (Å²) in [7, 11) is 0. The lowest BCUT2D eigenvalue weighted by Crippen LogP contribution is -1.78. The molecule has 1 nitrogen and oxygen atoms in total. The third kappa shape index (κ3) is 1.95. The van der Waals surface area contributed by atoms with Crippen LogP contribution in [0.1, 0.15) is 8.30 Å². The van der Waals surface area contributed by atoms with E-state index in [-0.39, 0.29) is 0 Å². The van der Waals surface area contributed by atoms with E-state index in [1.165, 1.54) is 6.20 Å². The zero-order chi connectivity index (χ0) is 8.48. The Hall–Kier alpha value is -0.0800. The second kappa shape index (κ2) is 3.18. The standard InChI is InChI=1S/C6H5BrClN/c7-3-5-1-2-6(8)9-4-5/h1-2,4H,3H2/i3D2. The molecule has 48 valence electrons. The minimum Gasteiger partial charge on any atom is -0.244 e. The molecule has 0 fully saturated rings. The van der Waals surface area contributed by atoms with Crippen molar-refractivity contribution in [3.05, 3.63) is 29.0 Å². The predicted octanol–water partition coefficient (Wildman–Crippen LogP) is 2.63. The maximum Gasteiger partial charge on any atom is 0.129 e. The Morgan fingerprint density at radius 1 is 1.78 bits per heavy atom. The highest BCUT2D eigenvalue weighted by Crippen LogP contribution is 2.07. The van der Waals surface area contributed by atoms with Crippen LogP contribution in [0.3, 0.4) is 0 Å². The number of hydrogen-bond acceptors (Lipinski definition) is 1. The molecule has 0 saturated carbocycles. The first-order valence-electron chi connectivity index (χ1n) is 3.31. The lowest BCUT2D eigenvalue weighted by atomic mass is 10.3. The zero-order valence-electron chi connectivity index (χ0n) is 6.44. The lowest BCUT2D eigenvalue weighted by molar-refractivity contribution is 1.26. The molecule has 0 radical (unpaired) electrons. The van der Waals surface area contributed by atoms with Crippen molar-refractivity contribution < 1.29 is 2.74 Å². The van der Waals surface area contributed by atoms with Crippen molar-refractivity contribution in [1.29, 1.82) is 0 Å². The zero-order valence-corrected chi connectivity index (χ0v) is 6.78. The molecule has 0 aliphatic heterocycles. The first-order chi connectivity index (χ1) is 5.00. The maximum atomic E-state index is 7.24. The number of aromatic nitrogens is 1. The van der Waals surface area contributed by atoms with Gasteiger partial charge in [0.15, 0.2) is 0 Å². The normalized spacial score (nSPS) is 14.4. The van der Waals surface area contributed by atoms with Crippen LogP contribution in [0.5, 0.6) is 0 Å². The molecule has 1 rings (SSSR count). The third-order valence-corrected chi connectivity index (χ3v) is 1.52.